The summed E-state index contributed by atoms with van der Waals surface area (Å²) in [4.78, 5) is 7.15. The quantitative estimate of drug-likeness (QED) is 0.827. The second kappa shape index (κ2) is 5.71. The van der Waals surface area contributed by atoms with E-state index in [0.29, 0.717) is 0 Å². The fourth-order valence-corrected chi connectivity index (χ4v) is 2.70. The molecule has 1 aliphatic heterocycles. The summed E-state index contributed by atoms with van der Waals surface area (Å²) in [5.74, 6) is 0.925. The van der Waals surface area contributed by atoms with E-state index in [4.69, 9.17) is 0 Å². The van der Waals surface area contributed by atoms with Crippen LogP contribution in [0, 0.1) is 0 Å². The minimum Gasteiger partial charge on any atom is -0.314 e. The second-order valence-corrected chi connectivity index (χ2v) is 5.17. The predicted molar refractivity (Wildman–Crippen MR) is 69.5 cm³/mol. The minimum absolute atomic E-state index is 0.925. The van der Waals surface area contributed by atoms with Crippen LogP contribution in [0.1, 0.15) is 30.1 Å². The van der Waals surface area contributed by atoms with Gasteiger partial charge >= 0.3 is 0 Å². The van der Waals surface area contributed by atoms with E-state index in [0.717, 1.165) is 63.5 Å². The Balaban J connectivity index is 1.58. The second-order valence-electron chi connectivity index (χ2n) is 5.17. The van der Waals surface area contributed by atoms with Crippen LogP contribution in [0.4, 0.5) is 0 Å². The standard InChI is InChI=1S/C13H21N5/c1-2-4-12-11(3-1)15-13(17-16-12)5-8-18-9-6-14-7-10-18/h14H,1-10H2. The summed E-state index contributed by atoms with van der Waals surface area (Å²) in [6.45, 7) is 5.53. The van der Waals surface area contributed by atoms with E-state index in [1.807, 2.05) is 0 Å². The van der Waals surface area contributed by atoms with Gasteiger partial charge in [-0.1, -0.05) is 0 Å². The number of nitrogens with one attached hydrogen (secondary N) is 1. The van der Waals surface area contributed by atoms with E-state index in [9.17, 15) is 0 Å². The van der Waals surface area contributed by atoms with Crippen molar-refractivity contribution < 1.29 is 0 Å². The molecule has 5 nitrogen and oxygen atoms in total. The summed E-state index contributed by atoms with van der Waals surface area (Å²) in [7, 11) is 0. The molecule has 1 aromatic rings. The van der Waals surface area contributed by atoms with Crippen LogP contribution in [-0.2, 0) is 19.3 Å². The Bertz CT molecular complexity index is 400. The Kier molecular flexibility index (Phi) is 3.81. The van der Waals surface area contributed by atoms with Crippen molar-refractivity contribution >= 4 is 0 Å². The number of nitrogens with zero attached hydrogens (tertiary/aromatic N) is 4. The summed E-state index contributed by atoms with van der Waals surface area (Å²) in [5.41, 5.74) is 2.33. The van der Waals surface area contributed by atoms with Crippen LogP contribution >= 0.6 is 0 Å². The van der Waals surface area contributed by atoms with Gasteiger partial charge < -0.3 is 10.2 Å². The molecule has 3 rings (SSSR count). The number of fused-ring (bicyclic) bond motifs is 1. The number of piperazine rings is 1. The van der Waals surface area contributed by atoms with Crippen molar-refractivity contribution in [3.63, 3.8) is 0 Å². The lowest BCUT2D eigenvalue weighted by Gasteiger charge is -2.26. The highest BCUT2D eigenvalue weighted by atomic mass is 15.2. The van der Waals surface area contributed by atoms with E-state index in [2.05, 4.69) is 25.4 Å². The third kappa shape index (κ3) is 2.84. The number of aryl methyl sites for hydroxylation is 2. The van der Waals surface area contributed by atoms with Gasteiger partial charge in [-0.15, -0.1) is 5.10 Å². The van der Waals surface area contributed by atoms with Gasteiger partial charge in [-0.05, 0) is 25.7 Å². The van der Waals surface area contributed by atoms with E-state index in [-0.39, 0.29) is 0 Å². The minimum atomic E-state index is 0.925. The molecule has 1 aromatic heterocycles. The molecule has 0 atom stereocenters. The molecule has 1 saturated heterocycles. The molecule has 0 radical (unpaired) electrons. The molecule has 1 N–H and O–H groups in total. The molecule has 0 amide bonds. The number of hydrogen-bond donors (Lipinski definition) is 1. The van der Waals surface area contributed by atoms with Crippen molar-refractivity contribution in [1.29, 1.82) is 0 Å². The molecular formula is C13H21N5. The lowest BCUT2D eigenvalue weighted by molar-refractivity contribution is 0.242. The van der Waals surface area contributed by atoms with E-state index < -0.39 is 0 Å². The van der Waals surface area contributed by atoms with E-state index in [1.165, 1.54) is 18.5 Å². The molecular weight excluding hydrogens is 226 g/mol. The van der Waals surface area contributed by atoms with Crippen LogP contribution in [0.15, 0.2) is 0 Å². The Hall–Kier alpha value is -1.07. The van der Waals surface area contributed by atoms with E-state index in [1.54, 1.807) is 0 Å². The average Bonchev–Trinajstić information content (AvgIpc) is 2.46. The smallest absolute Gasteiger partial charge is 0.152 e. The normalized spacial score (nSPS) is 20.7. The fraction of sp³-hybridized carbons (Fsp3) is 0.769. The van der Waals surface area contributed by atoms with Crippen molar-refractivity contribution in [2.75, 3.05) is 32.7 Å². The average molecular weight is 247 g/mol. The maximum Gasteiger partial charge on any atom is 0.152 e. The first-order chi connectivity index (χ1) is 8.92. The Morgan fingerprint density at radius 1 is 1.00 bits per heavy atom. The molecule has 2 heterocycles. The third-order valence-corrected chi connectivity index (χ3v) is 3.82. The van der Waals surface area contributed by atoms with Gasteiger partial charge in [0.05, 0.1) is 11.4 Å². The lowest BCUT2D eigenvalue weighted by atomic mass is 10.0. The number of rotatable bonds is 3. The summed E-state index contributed by atoms with van der Waals surface area (Å²) >= 11 is 0. The van der Waals surface area contributed by atoms with E-state index >= 15 is 0 Å². The van der Waals surface area contributed by atoms with Gasteiger partial charge in [-0.2, -0.15) is 5.10 Å². The highest BCUT2D eigenvalue weighted by Crippen LogP contribution is 2.16. The fourth-order valence-electron chi connectivity index (χ4n) is 2.70. The Morgan fingerprint density at radius 3 is 2.61 bits per heavy atom. The van der Waals surface area contributed by atoms with Crippen molar-refractivity contribution in [3.8, 4) is 0 Å². The molecule has 2 aliphatic rings. The molecule has 5 heteroatoms. The molecule has 98 valence electrons. The maximum absolute atomic E-state index is 4.68. The number of hydrogen-bond acceptors (Lipinski definition) is 5. The van der Waals surface area contributed by atoms with Crippen LogP contribution in [0.25, 0.3) is 0 Å². The largest absolute Gasteiger partial charge is 0.314 e. The zero-order valence-electron chi connectivity index (χ0n) is 10.9. The van der Waals surface area contributed by atoms with Crippen molar-refractivity contribution in [3.05, 3.63) is 17.2 Å². The molecule has 1 aliphatic carbocycles. The summed E-state index contributed by atoms with van der Waals surface area (Å²) in [6, 6.07) is 0. The van der Waals surface area contributed by atoms with Gasteiger partial charge in [-0.3, -0.25) is 0 Å². The molecule has 1 fully saturated rings. The zero-order chi connectivity index (χ0) is 12.2. The predicted octanol–water partition coefficient (Wildman–Crippen LogP) is 0.198. The van der Waals surface area contributed by atoms with Crippen molar-refractivity contribution in [1.82, 2.24) is 25.4 Å². The van der Waals surface area contributed by atoms with Crippen LogP contribution in [0.5, 0.6) is 0 Å². The van der Waals surface area contributed by atoms with Crippen LogP contribution in [0.2, 0.25) is 0 Å². The Labute approximate surface area is 108 Å². The molecule has 0 bridgehead atoms. The summed E-state index contributed by atoms with van der Waals surface area (Å²) in [6.07, 6.45) is 5.57. The molecule has 18 heavy (non-hydrogen) atoms. The highest BCUT2D eigenvalue weighted by molar-refractivity contribution is 5.13. The lowest BCUT2D eigenvalue weighted by Crippen LogP contribution is -2.44. The van der Waals surface area contributed by atoms with Gasteiger partial charge in [-0.25, -0.2) is 4.98 Å². The van der Waals surface area contributed by atoms with Gasteiger partial charge in [0.1, 0.15) is 0 Å². The van der Waals surface area contributed by atoms with Crippen LogP contribution in [-0.4, -0.2) is 52.8 Å². The summed E-state index contributed by atoms with van der Waals surface area (Å²) < 4.78 is 0. The molecule has 0 unspecified atom stereocenters. The molecule has 0 saturated carbocycles. The van der Waals surface area contributed by atoms with Gasteiger partial charge in [0, 0.05) is 39.1 Å². The SMILES string of the molecule is C1CCc2nc(CCN3CCNCC3)nnc2C1. The maximum atomic E-state index is 4.68. The van der Waals surface area contributed by atoms with Gasteiger partial charge in [0.25, 0.3) is 0 Å². The van der Waals surface area contributed by atoms with Gasteiger partial charge in [0.2, 0.25) is 0 Å². The van der Waals surface area contributed by atoms with Gasteiger partial charge in [0.15, 0.2) is 5.82 Å². The highest BCUT2D eigenvalue weighted by Gasteiger charge is 2.15. The summed E-state index contributed by atoms with van der Waals surface area (Å²) in [5, 5.41) is 12.0. The molecule has 0 aromatic carbocycles. The first kappa shape index (κ1) is 12.0. The first-order valence-electron chi connectivity index (χ1n) is 7.06. The van der Waals surface area contributed by atoms with Crippen LogP contribution in [0.3, 0.4) is 0 Å². The Morgan fingerprint density at radius 2 is 1.78 bits per heavy atom. The van der Waals surface area contributed by atoms with Crippen LogP contribution < -0.4 is 5.32 Å². The van der Waals surface area contributed by atoms with Crippen molar-refractivity contribution in [2.45, 2.75) is 32.1 Å². The number of aromatic nitrogens is 3. The molecule has 0 spiro atoms. The third-order valence-electron chi connectivity index (χ3n) is 3.82. The topological polar surface area (TPSA) is 53.9 Å². The zero-order valence-corrected chi connectivity index (χ0v) is 10.9. The monoisotopic (exact) mass is 247 g/mol. The van der Waals surface area contributed by atoms with Crippen molar-refractivity contribution in [2.24, 2.45) is 0 Å². The first-order valence-corrected chi connectivity index (χ1v) is 7.06.